The number of halogens is 1. The van der Waals surface area contributed by atoms with Crippen LogP contribution in [0.2, 0.25) is 0 Å². The summed E-state index contributed by atoms with van der Waals surface area (Å²) in [5.74, 6) is 1.34. The van der Waals surface area contributed by atoms with Gasteiger partial charge in [-0.25, -0.2) is 0 Å². The first-order valence-corrected chi connectivity index (χ1v) is 7.17. The molecule has 3 unspecified atom stereocenters. The van der Waals surface area contributed by atoms with E-state index in [2.05, 4.69) is 11.8 Å². The minimum atomic E-state index is 0. The zero-order valence-corrected chi connectivity index (χ0v) is 12.0. The maximum atomic E-state index is 12.5. The van der Waals surface area contributed by atoms with Crippen molar-refractivity contribution in [2.24, 2.45) is 23.0 Å². The number of nitrogens with zero attached hydrogens (tertiary/aromatic N) is 1. The van der Waals surface area contributed by atoms with Crippen LogP contribution >= 0.6 is 12.4 Å². The fourth-order valence-electron chi connectivity index (χ4n) is 4.15. The fraction of sp³-hybridized carbons (Fsp3) is 0.929. The van der Waals surface area contributed by atoms with Crippen LogP contribution < -0.4 is 5.73 Å². The smallest absolute Gasteiger partial charge is 0.226 e. The molecule has 0 aromatic rings. The van der Waals surface area contributed by atoms with E-state index < -0.39 is 0 Å². The molecule has 3 atom stereocenters. The largest absolute Gasteiger partial charge is 0.339 e. The van der Waals surface area contributed by atoms with Crippen LogP contribution in [0.25, 0.3) is 0 Å². The summed E-state index contributed by atoms with van der Waals surface area (Å²) < 4.78 is 0. The number of hydrogen-bond acceptors (Lipinski definition) is 2. The van der Waals surface area contributed by atoms with Crippen LogP contribution in [-0.2, 0) is 4.79 Å². The van der Waals surface area contributed by atoms with E-state index in [1.807, 2.05) is 0 Å². The molecule has 1 aliphatic heterocycles. The highest BCUT2D eigenvalue weighted by molar-refractivity contribution is 5.85. The van der Waals surface area contributed by atoms with E-state index in [0.29, 0.717) is 29.2 Å². The van der Waals surface area contributed by atoms with Crippen LogP contribution in [0.3, 0.4) is 0 Å². The summed E-state index contributed by atoms with van der Waals surface area (Å²) in [4.78, 5) is 14.6. The molecule has 3 rings (SSSR count). The van der Waals surface area contributed by atoms with Crippen molar-refractivity contribution in [3.05, 3.63) is 0 Å². The minimum absolute atomic E-state index is 0. The quantitative estimate of drug-likeness (QED) is 0.838. The molecule has 1 amide bonds. The zero-order valence-electron chi connectivity index (χ0n) is 11.2. The lowest BCUT2D eigenvalue weighted by Gasteiger charge is -2.23. The first-order valence-electron chi connectivity index (χ1n) is 7.17. The van der Waals surface area contributed by atoms with Crippen LogP contribution in [0.4, 0.5) is 0 Å². The lowest BCUT2D eigenvalue weighted by Crippen LogP contribution is -2.36. The predicted molar refractivity (Wildman–Crippen MR) is 74.6 cm³/mol. The summed E-state index contributed by atoms with van der Waals surface area (Å²) in [7, 11) is 0. The third-order valence-corrected chi connectivity index (χ3v) is 5.36. The Bertz CT molecular complexity index is 328. The van der Waals surface area contributed by atoms with Gasteiger partial charge in [-0.3, -0.25) is 4.79 Å². The highest BCUT2D eigenvalue weighted by Gasteiger charge is 2.60. The Morgan fingerprint density at radius 2 is 2.06 bits per heavy atom. The third kappa shape index (κ3) is 2.16. The summed E-state index contributed by atoms with van der Waals surface area (Å²) in [5, 5.41) is 0. The average Bonchev–Trinajstić information content (AvgIpc) is 2.66. The monoisotopic (exact) mass is 272 g/mol. The summed E-state index contributed by atoms with van der Waals surface area (Å²) in [6.45, 7) is 3.81. The number of amides is 1. The van der Waals surface area contributed by atoms with Gasteiger partial charge in [-0.05, 0) is 50.5 Å². The lowest BCUT2D eigenvalue weighted by molar-refractivity contribution is -0.134. The molecule has 104 valence electrons. The first kappa shape index (κ1) is 14.1. The van der Waals surface area contributed by atoms with E-state index in [9.17, 15) is 4.79 Å². The molecule has 0 aromatic carbocycles. The molecular weight excluding hydrogens is 248 g/mol. The number of nitrogens with two attached hydrogens (primary N) is 1. The molecular formula is C14H25ClN2O. The minimum Gasteiger partial charge on any atom is -0.339 e. The molecule has 1 saturated heterocycles. The van der Waals surface area contributed by atoms with Gasteiger partial charge in [0.1, 0.15) is 0 Å². The highest BCUT2D eigenvalue weighted by Crippen LogP contribution is 2.63. The van der Waals surface area contributed by atoms with Gasteiger partial charge < -0.3 is 10.6 Å². The second kappa shape index (κ2) is 5.01. The summed E-state index contributed by atoms with van der Waals surface area (Å²) in [6, 6.07) is 0.412. The van der Waals surface area contributed by atoms with Crippen molar-refractivity contribution in [2.75, 3.05) is 13.1 Å². The Hall–Kier alpha value is -0.280. The van der Waals surface area contributed by atoms with Gasteiger partial charge in [-0.15, -0.1) is 12.4 Å². The van der Waals surface area contributed by atoms with Gasteiger partial charge in [0.2, 0.25) is 5.91 Å². The number of hydrogen-bond donors (Lipinski definition) is 1. The Morgan fingerprint density at radius 3 is 2.61 bits per heavy atom. The molecule has 1 heterocycles. The van der Waals surface area contributed by atoms with Gasteiger partial charge in [0.15, 0.2) is 0 Å². The van der Waals surface area contributed by atoms with Gasteiger partial charge in [0.05, 0.1) is 0 Å². The number of rotatable bonds is 2. The van der Waals surface area contributed by atoms with Gasteiger partial charge in [0.25, 0.3) is 0 Å². The average molecular weight is 273 g/mol. The second-order valence-corrected chi connectivity index (χ2v) is 6.50. The third-order valence-electron chi connectivity index (χ3n) is 5.36. The van der Waals surface area contributed by atoms with Gasteiger partial charge in [-0.1, -0.05) is 12.8 Å². The van der Waals surface area contributed by atoms with Crippen molar-refractivity contribution in [3.63, 3.8) is 0 Å². The van der Waals surface area contributed by atoms with Crippen molar-refractivity contribution >= 4 is 18.3 Å². The topological polar surface area (TPSA) is 46.3 Å². The molecule has 0 radical (unpaired) electrons. The predicted octanol–water partition coefficient (Wildman–Crippen LogP) is 2.18. The van der Waals surface area contributed by atoms with E-state index >= 15 is 0 Å². The molecule has 3 aliphatic rings. The first-order chi connectivity index (χ1) is 8.16. The van der Waals surface area contributed by atoms with Crippen molar-refractivity contribution in [3.8, 4) is 0 Å². The highest BCUT2D eigenvalue weighted by atomic mass is 35.5. The van der Waals surface area contributed by atoms with Gasteiger partial charge >= 0.3 is 0 Å². The maximum Gasteiger partial charge on any atom is 0.226 e. The van der Waals surface area contributed by atoms with Crippen LogP contribution in [0.15, 0.2) is 0 Å². The van der Waals surface area contributed by atoms with E-state index in [1.165, 1.54) is 32.1 Å². The molecule has 2 saturated carbocycles. The van der Waals surface area contributed by atoms with Crippen LogP contribution in [-0.4, -0.2) is 29.9 Å². The Kier molecular flexibility index (Phi) is 3.93. The molecule has 3 nitrogen and oxygen atoms in total. The number of carbonyl (C=O) groups excluding carboxylic acids is 1. The zero-order chi connectivity index (χ0) is 12.0. The Morgan fingerprint density at radius 1 is 1.39 bits per heavy atom. The van der Waals surface area contributed by atoms with Crippen LogP contribution in [0.1, 0.15) is 45.4 Å². The van der Waals surface area contributed by atoms with Gasteiger partial charge in [-0.2, -0.15) is 0 Å². The summed E-state index contributed by atoms with van der Waals surface area (Å²) in [5.41, 5.74) is 6.17. The Labute approximate surface area is 116 Å². The summed E-state index contributed by atoms with van der Waals surface area (Å²) >= 11 is 0. The molecule has 0 aromatic heterocycles. The van der Waals surface area contributed by atoms with E-state index in [4.69, 9.17) is 5.73 Å². The van der Waals surface area contributed by atoms with E-state index in [0.717, 1.165) is 19.5 Å². The number of carbonyl (C=O) groups is 1. The maximum absolute atomic E-state index is 12.5. The van der Waals surface area contributed by atoms with Gasteiger partial charge in [0, 0.05) is 18.5 Å². The number of likely N-dealkylation sites (tertiary alicyclic amines) is 1. The molecule has 1 spiro atoms. The van der Waals surface area contributed by atoms with Crippen LogP contribution in [0.5, 0.6) is 0 Å². The summed E-state index contributed by atoms with van der Waals surface area (Å²) in [6.07, 6.45) is 7.54. The van der Waals surface area contributed by atoms with Crippen LogP contribution in [0, 0.1) is 17.3 Å². The van der Waals surface area contributed by atoms with Crippen molar-refractivity contribution in [1.82, 2.24) is 4.90 Å². The van der Waals surface area contributed by atoms with Crippen molar-refractivity contribution < 1.29 is 4.79 Å². The van der Waals surface area contributed by atoms with Crippen molar-refractivity contribution in [1.29, 1.82) is 0 Å². The standard InChI is InChI=1S/C14H24N2O.ClH/c1-10-6-11(8-15)9-16(10)13(17)12-7-14(12)4-2-3-5-14;/h10-12H,2-9,15H2,1H3;1H. The van der Waals surface area contributed by atoms with Crippen molar-refractivity contribution in [2.45, 2.75) is 51.5 Å². The normalized spacial score (nSPS) is 36.8. The SMILES string of the molecule is CC1CC(CN)CN1C(=O)C1CC12CCCC2.Cl. The lowest BCUT2D eigenvalue weighted by atomic mass is 10.0. The molecule has 4 heteroatoms. The molecule has 2 aliphatic carbocycles. The Balaban J connectivity index is 0.00000120. The molecule has 2 N–H and O–H groups in total. The molecule has 0 bridgehead atoms. The van der Waals surface area contributed by atoms with E-state index in [1.54, 1.807) is 0 Å². The second-order valence-electron chi connectivity index (χ2n) is 6.50. The molecule has 3 fully saturated rings. The van der Waals surface area contributed by atoms with E-state index in [-0.39, 0.29) is 12.4 Å². The fourth-order valence-corrected chi connectivity index (χ4v) is 4.15. The molecule has 18 heavy (non-hydrogen) atoms.